The highest BCUT2D eigenvalue weighted by Crippen LogP contribution is 2.54. The molecule has 3 aromatic carbocycles. The number of nitrogens with zero attached hydrogens (tertiary/aromatic N) is 3. The molecule has 6 rings (SSSR count). The van der Waals surface area contributed by atoms with Crippen LogP contribution in [0.3, 0.4) is 0 Å². The lowest BCUT2D eigenvalue weighted by molar-refractivity contribution is -0.384. The summed E-state index contributed by atoms with van der Waals surface area (Å²) < 4.78 is 41.4. The smallest absolute Gasteiger partial charge is 0.269 e. The first-order valence-electron chi connectivity index (χ1n) is 15.1. The molecule has 2 fully saturated rings. The minimum Gasteiger partial charge on any atom is -0.497 e. The second kappa shape index (κ2) is 12.7. The zero-order chi connectivity index (χ0) is 33.3. The molecule has 244 valence electrons. The van der Waals surface area contributed by atoms with Crippen LogP contribution in [0.15, 0.2) is 109 Å². The van der Waals surface area contributed by atoms with Gasteiger partial charge in [0.25, 0.3) is 5.69 Å². The highest BCUT2D eigenvalue weighted by atomic mass is 32.2. The molecule has 0 radical (unpaired) electrons. The maximum absolute atomic E-state index is 14.6. The molecule has 3 aliphatic heterocycles. The predicted molar refractivity (Wildman–Crippen MR) is 171 cm³/mol. The number of fused-ring (bicyclic) bond motifs is 1. The van der Waals surface area contributed by atoms with E-state index in [1.165, 1.54) is 21.3 Å². The maximum Gasteiger partial charge on any atom is 0.269 e. The molecule has 3 aromatic rings. The van der Waals surface area contributed by atoms with Crippen LogP contribution in [0.25, 0.3) is 0 Å². The molecule has 12 nitrogen and oxygen atoms in total. The quantitative estimate of drug-likeness (QED) is 0.167. The van der Waals surface area contributed by atoms with Gasteiger partial charge < -0.3 is 19.7 Å². The Balaban J connectivity index is 1.39. The van der Waals surface area contributed by atoms with Crippen molar-refractivity contribution in [2.24, 2.45) is 5.92 Å². The molecule has 0 aromatic heterocycles. The SMILES string of the molecule is C=CCCN([C@@H]1[C@H]2C(=O)N(Cc3ccc(OC)cc3)[C@H](C(=O)NCc3ccccc3)[C@]23C=C[C@H]1O3)S(=O)(=O)c1ccc([N+](=O)[O-])cc1. The molecule has 1 spiro atoms. The van der Waals surface area contributed by atoms with E-state index in [1.54, 1.807) is 49.6 Å². The van der Waals surface area contributed by atoms with E-state index in [0.29, 0.717) is 5.75 Å². The van der Waals surface area contributed by atoms with Gasteiger partial charge in [-0.05, 0) is 41.8 Å². The molecular weight excluding hydrogens is 624 g/mol. The largest absolute Gasteiger partial charge is 0.497 e. The van der Waals surface area contributed by atoms with E-state index in [2.05, 4.69) is 11.9 Å². The minimum absolute atomic E-state index is 0.0234. The number of rotatable bonds is 13. The molecular formula is C34H34N4O8S. The third-order valence-electron chi connectivity index (χ3n) is 8.95. The lowest BCUT2D eigenvalue weighted by atomic mass is 9.78. The number of amides is 2. The summed E-state index contributed by atoms with van der Waals surface area (Å²) in [5.41, 5.74) is -0.0719. The van der Waals surface area contributed by atoms with E-state index in [-0.39, 0.29) is 36.6 Å². The average Bonchev–Trinajstić information content (AvgIpc) is 3.72. The summed E-state index contributed by atoms with van der Waals surface area (Å²) in [4.78, 5) is 40.6. The van der Waals surface area contributed by atoms with Crippen LogP contribution in [0, 0.1) is 16.0 Å². The Morgan fingerprint density at radius 3 is 2.45 bits per heavy atom. The zero-order valence-corrected chi connectivity index (χ0v) is 26.4. The molecule has 2 saturated heterocycles. The fourth-order valence-corrected chi connectivity index (χ4v) is 8.43. The van der Waals surface area contributed by atoms with Gasteiger partial charge >= 0.3 is 0 Å². The molecule has 5 atom stereocenters. The van der Waals surface area contributed by atoms with Crippen molar-refractivity contribution in [2.75, 3.05) is 13.7 Å². The van der Waals surface area contributed by atoms with Crippen LogP contribution in [0.5, 0.6) is 5.75 Å². The van der Waals surface area contributed by atoms with Crippen molar-refractivity contribution < 1.29 is 32.4 Å². The van der Waals surface area contributed by atoms with Gasteiger partial charge in [-0.15, -0.1) is 6.58 Å². The molecule has 1 N–H and O–H groups in total. The van der Waals surface area contributed by atoms with Gasteiger partial charge in [0.1, 0.15) is 17.4 Å². The molecule has 0 unspecified atom stereocenters. The number of benzene rings is 3. The number of sulfonamides is 1. The molecule has 0 saturated carbocycles. The predicted octanol–water partition coefficient (Wildman–Crippen LogP) is 3.59. The Bertz CT molecular complexity index is 1810. The summed E-state index contributed by atoms with van der Waals surface area (Å²) in [6, 6.07) is 19.0. The first-order valence-corrected chi connectivity index (χ1v) is 16.5. The summed E-state index contributed by atoms with van der Waals surface area (Å²) in [5.74, 6) is -1.26. The Labute approximate surface area is 272 Å². The van der Waals surface area contributed by atoms with Crippen molar-refractivity contribution in [3.05, 3.63) is 125 Å². The Morgan fingerprint density at radius 1 is 1.11 bits per heavy atom. The molecule has 0 aliphatic carbocycles. The fraction of sp³-hybridized carbons (Fsp3) is 0.294. The van der Waals surface area contributed by atoms with Crippen LogP contribution in [-0.4, -0.2) is 71.8 Å². The van der Waals surface area contributed by atoms with Gasteiger partial charge in [0.2, 0.25) is 21.8 Å². The second-order valence-corrected chi connectivity index (χ2v) is 13.5. The zero-order valence-electron chi connectivity index (χ0n) is 25.6. The van der Waals surface area contributed by atoms with E-state index < -0.39 is 56.5 Å². The van der Waals surface area contributed by atoms with Gasteiger partial charge in [-0.3, -0.25) is 19.7 Å². The van der Waals surface area contributed by atoms with Crippen molar-refractivity contribution in [3.8, 4) is 5.75 Å². The van der Waals surface area contributed by atoms with Crippen LogP contribution < -0.4 is 10.1 Å². The molecule has 2 bridgehead atoms. The number of carbonyl (C=O) groups is 2. The molecule has 3 heterocycles. The number of nitro benzene ring substituents is 1. The standard InChI is InChI=1S/C34H34N4O8S/c1-3-4-20-37(47(43,44)27-16-12-25(13-17-27)38(41)42)30-28-18-19-34(46-28)29(30)33(40)36(22-24-10-14-26(45-2)15-11-24)31(34)32(39)35-21-23-8-6-5-7-9-23/h3,5-19,28-31H,1,4,20-22H2,2H3,(H,35,39)/t28-,29+,30+,31-,34+/m1/s1. The highest BCUT2D eigenvalue weighted by Gasteiger charge is 2.73. The number of carbonyl (C=O) groups excluding carboxylic acids is 2. The number of hydrogen-bond donors (Lipinski definition) is 1. The lowest BCUT2D eigenvalue weighted by Crippen LogP contribution is -2.55. The van der Waals surface area contributed by atoms with Crippen LogP contribution in [-0.2, 0) is 37.4 Å². The van der Waals surface area contributed by atoms with E-state index in [0.717, 1.165) is 23.3 Å². The molecule has 3 aliphatic rings. The third kappa shape index (κ3) is 5.70. The van der Waals surface area contributed by atoms with Crippen LogP contribution in [0.1, 0.15) is 17.5 Å². The summed E-state index contributed by atoms with van der Waals surface area (Å²) in [7, 11) is -2.74. The molecule has 47 heavy (non-hydrogen) atoms. The molecule has 13 heteroatoms. The van der Waals surface area contributed by atoms with Crippen molar-refractivity contribution in [2.45, 2.75) is 48.2 Å². The number of methoxy groups -OCH3 is 1. The summed E-state index contributed by atoms with van der Waals surface area (Å²) in [6.07, 6.45) is 4.47. The maximum atomic E-state index is 14.6. The van der Waals surface area contributed by atoms with Gasteiger partial charge in [0.15, 0.2) is 0 Å². The van der Waals surface area contributed by atoms with Crippen LogP contribution >= 0.6 is 0 Å². The minimum atomic E-state index is -4.29. The first-order chi connectivity index (χ1) is 22.6. The average molecular weight is 659 g/mol. The van der Waals surface area contributed by atoms with Crippen molar-refractivity contribution in [1.29, 1.82) is 0 Å². The topological polar surface area (TPSA) is 148 Å². The summed E-state index contributed by atoms with van der Waals surface area (Å²) in [5, 5.41) is 14.2. The van der Waals surface area contributed by atoms with E-state index in [4.69, 9.17) is 9.47 Å². The number of nitro groups is 1. The van der Waals surface area contributed by atoms with Gasteiger partial charge in [-0.1, -0.05) is 60.7 Å². The van der Waals surface area contributed by atoms with Crippen molar-refractivity contribution in [3.63, 3.8) is 0 Å². The van der Waals surface area contributed by atoms with Gasteiger partial charge in [0, 0.05) is 31.8 Å². The van der Waals surface area contributed by atoms with E-state index >= 15 is 0 Å². The Morgan fingerprint density at radius 2 is 1.81 bits per heavy atom. The number of ether oxygens (including phenoxy) is 2. The summed E-state index contributed by atoms with van der Waals surface area (Å²) >= 11 is 0. The van der Waals surface area contributed by atoms with E-state index in [1.807, 2.05) is 30.3 Å². The normalized spacial score (nSPS) is 24.4. The number of likely N-dealkylation sites (tertiary alicyclic amines) is 1. The summed E-state index contributed by atoms with van der Waals surface area (Å²) in [6.45, 7) is 4.01. The van der Waals surface area contributed by atoms with Gasteiger partial charge in [-0.25, -0.2) is 8.42 Å². The number of non-ortho nitro benzene ring substituents is 1. The number of hydrogen-bond acceptors (Lipinski definition) is 8. The van der Waals surface area contributed by atoms with Gasteiger partial charge in [0.05, 0.1) is 35.0 Å². The highest BCUT2D eigenvalue weighted by molar-refractivity contribution is 7.89. The van der Waals surface area contributed by atoms with Crippen molar-refractivity contribution >= 4 is 27.5 Å². The fourth-order valence-electron chi connectivity index (χ4n) is 6.77. The Kier molecular flexibility index (Phi) is 8.70. The van der Waals surface area contributed by atoms with Gasteiger partial charge in [-0.2, -0.15) is 4.31 Å². The number of nitrogens with one attached hydrogen (secondary N) is 1. The first kappa shape index (κ1) is 32.1. The van der Waals surface area contributed by atoms with Crippen LogP contribution in [0.2, 0.25) is 0 Å². The monoisotopic (exact) mass is 658 g/mol. The third-order valence-corrected chi connectivity index (χ3v) is 10.9. The van der Waals surface area contributed by atoms with Crippen LogP contribution in [0.4, 0.5) is 5.69 Å². The van der Waals surface area contributed by atoms with Crippen molar-refractivity contribution in [1.82, 2.24) is 14.5 Å². The van der Waals surface area contributed by atoms with E-state index in [9.17, 15) is 28.1 Å². The molecule has 2 amide bonds. The lowest BCUT2D eigenvalue weighted by Gasteiger charge is -2.34. The Hall–Kier alpha value is -4.85. The second-order valence-electron chi connectivity index (χ2n) is 11.6.